The van der Waals surface area contributed by atoms with Gasteiger partial charge >= 0.3 is 0 Å². The molecule has 0 aliphatic rings. The van der Waals surface area contributed by atoms with E-state index in [9.17, 15) is 4.79 Å². The fourth-order valence-electron chi connectivity index (χ4n) is 1.28. The molecule has 2 N–H and O–H groups in total. The molecule has 5 heteroatoms. The predicted molar refractivity (Wildman–Crippen MR) is 61.0 cm³/mol. The van der Waals surface area contributed by atoms with E-state index in [0.717, 1.165) is 25.1 Å². The second-order valence-corrected chi connectivity index (χ2v) is 3.54. The first-order valence-electron chi connectivity index (χ1n) is 5.65. The maximum atomic E-state index is 11.2. The average Bonchev–Trinajstić information content (AvgIpc) is 2.78. The van der Waals surface area contributed by atoms with Gasteiger partial charge in [-0.05, 0) is 12.8 Å². The molecule has 0 saturated heterocycles. The summed E-state index contributed by atoms with van der Waals surface area (Å²) < 4.78 is 5.12. The SMILES string of the molecule is CCCOCC(=O)NCCCc1ncc[nH]1. The molecule has 90 valence electrons. The summed E-state index contributed by atoms with van der Waals surface area (Å²) in [6, 6.07) is 0. The molecule has 1 aromatic rings. The van der Waals surface area contributed by atoms with Crippen molar-refractivity contribution in [3.8, 4) is 0 Å². The number of carbonyl (C=O) groups is 1. The summed E-state index contributed by atoms with van der Waals surface area (Å²) in [5.74, 6) is 0.907. The zero-order valence-corrected chi connectivity index (χ0v) is 9.66. The zero-order valence-electron chi connectivity index (χ0n) is 9.66. The molecule has 1 aromatic heterocycles. The molecule has 0 saturated carbocycles. The predicted octanol–water partition coefficient (Wildman–Crippen LogP) is 0.885. The number of aromatic nitrogens is 2. The number of H-pyrrole nitrogens is 1. The van der Waals surface area contributed by atoms with Crippen molar-refractivity contribution >= 4 is 5.91 Å². The minimum atomic E-state index is -0.0482. The number of aryl methyl sites for hydroxylation is 1. The largest absolute Gasteiger partial charge is 0.372 e. The van der Waals surface area contributed by atoms with E-state index in [1.54, 1.807) is 12.4 Å². The Morgan fingerprint density at radius 2 is 2.50 bits per heavy atom. The van der Waals surface area contributed by atoms with Crippen LogP contribution in [0.5, 0.6) is 0 Å². The standard InChI is InChI=1S/C11H19N3O2/c1-2-8-16-9-11(15)14-5-3-4-10-12-6-7-13-10/h6-7H,2-5,8-9H2,1H3,(H,12,13)(H,14,15). The highest BCUT2D eigenvalue weighted by Gasteiger charge is 2.00. The van der Waals surface area contributed by atoms with E-state index in [2.05, 4.69) is 15.3 Å². The monoisotopic (exact) mass is 225 g/mol. The lowest BCUT2D eigenvalue weighted by atomic mass is 10.3. The van der Waals surface area contributed by atoms with Crippen molar-refractivity contribution in [2.75, 3.05) is 19.8 Å². The summed E-state index contributed by atoms with van der Waals surface area (Å²) in [5, 5.41) is 2.80. The second-order valence-electron chi connectivity index (χ2n) is 3.54. The van der Waals surface area contributed by atoms with Crippen LogP contribution < -0.4 is 5.32 Å². The second kappa shape index (κ2) is 7.87. The molecule has 16 heavy (non-hydrogen) atoms. The molecule has 1 heterocycles. The van der Waals surface area contributed by atoms with Gasteiger partial charge in [-0.3, -0.25) is 4.79 Å². The topological polar surface area (TPSA) is 67.0 Å². The molecule has 0 aliphatic heterocycles. The van der Waals surface area contributed by atoms with Gasteiger partial charge in [0.1, 0.15) is 12.4 Å². The third kappa shape index (κ3) is 5.50. The summed E-state index contributed by atoms with van der Waals surface area (Å²) in [7, 11) is 0. The quantitative estimate of drug-likeness (QED) is 0.645. The van der Waals surface area contributed by atoms with Crippen molar-refractivity contribution in [1.29, 1.82) is 0 Å². The number of amides is 1. The van der Waals surface area contributed by atoms with Gasteiger partial charge in [0.05, 0.1) is 0 Å². The molecule has 0 aromatic carbocycles. The fourth-order valence-corrected chi connectivity index (χ4v) is 1.28. The maximum absolute atomic E-state index is 11.2. The lowest BCUT2D eigenvalue weighted by Gasteiger charge is -2.04. The third-order valence-corrected chi connectivity index (χ3v) is 2.05. The van der Waals surface area contributed by atoms with Crippen molar-refractivity contribution in [2.24, 2.45) is 0 Å². The fraction of sp³-hybridized carbons (Fsp3) is 0.636. The molecule has 0 radical (unpaired) electrons. The number of hydrogen-bond acceptors (Lipinski definition) is 3. The van der Waals surface area contributed by atoms with Crippen molar-refractivity contribution in [1.82, 2.24) is 15.3 Å². The number of aromatic amines is 1. The van der Waals surface area contributed by atoms with E-state index in [4.69, 9.17) is 4.74 Å². The molecular weight excluding hydrogens is 206 g/mol. The number of nitrogens with one attached hydrogen (secondary N) is 2. The normalized spacial score (nSPS) is 10.3. The van der Waals surface area contributed by atoms with Crippen LogP contribution in [0.3, 0.4) is 0 Å². The van der Waals surface area contributed by atoms with Crippen LogP contribution in [0, 0.1) is 0 Å². The maximum Gasteiger partial charge on any atom is 0.245 e. The Morgan fingerprint density at radius 3 is 3.19 bits per heavy atom. The van der Waals surface area contributed by atoms with Crippen LogP contribution in [-0.4, -0.2) is 35.6 Å². The van der Waals surface area contributed by atoms with E-state index < -0.39 is 0 Å². The molecule has 1 amide bonds. The summed E-state index contributed by atoms with van der Waals surface area (Å²) >= 11 is 0. The van der Waals surface area contributed by atoms with Gasteiger partial charge in [-0.2, -0.15) is 0 Å². The van der Waals surface area contributed by atoms with Crippen LogP contribution in [0.25, 0.3) is 0 Å². The number of hydrogen-bond donors (Lipinski definition) is 2. The molecule has 0 aliphatic carbocycles. The highest BCUT2D eigenvalue weighted by atomic mass is 16.5. The first-order valence-corrected chi connectivity index (χ1v) is 5.65. The van der Waals surface area contributed by atoms with Crippen LogP contribution in [0.1, 0.15) is 25.6 Å². The third-order valence-electron chi connectivity index (χ3n) is 2.05. The Labute approximate surface area is 95.6 Å². The zero-order chi connectivity index (χ0) is 11.6. The molecule has 0 spiro atoms. The van der Waals surface area contributed by atoms with E-state index in [1.807, 2.05) is 6.92 Å². The molecular formula is C11H19N3O2. The molecule has 0 fully saturated rings. The van der Waals surface area contributed by atoms with Crippen LogP contribution in [-0.2, 0) is 16.0 Å². The molecule has 0 unspecified atom stereocenters. The van der Waals surface area contributed by atoms with Crippen LogP contribution in [0.4, 0.5) is 0 Å². The van der Waals surface area contributed by atoms with Crippen LogP contribution in [0.2, 0.25) is 0 Å². The van der Waals surface area contributed by atoms with Gasteiger partial charge in [-0.1, -0.05) is 6.92 Å². The Morgan fingerprint density at radius 1 is 1.62 bits per heavy atom. The van der Waals surface area contributed by atoms with E-state index >= 15 is 0 Å². The number of nitrogens with zero attached hydrogens (tertiary/aromatic N) is 1. The molecule has 0 bridgehead atoms. The Bertz CT molecular complexity index is 285. The van der Waals surface area contributed by atoms with E-state index in [0.29, 0.717) is 13.2 Å². The van der Waals surface area contributed by atoms with Gasteiger partial charge in [0.2, 0.25) is 5.91 Å². The minimum Gasteiger partial charge on any atom is -0.372 e. The highest BCUT2D eigenvalue weighted by molar-refractivity contribution is 5.77. The van der Waals surface area contributed by atoms with E-state index in [-0.39, 0.29) is 12.5 Å². The first-order chi connectivity index (χ1) is 7.83. The molecule has 5 nitrogen and oxygen atoms in total. The minimum absolute atomic E-state index is 0.0482. The Kier molecular flexibility index (Phi) is 6.25. The van der Waals surface area contributed by atoms with Crippen molar-refractivity contribution in [3.63, 3.8) is 0 Å². The van der Waals surface area contributed by atoms with Crippen LogP contribution >= 0.6 is 0 Å². The average molecular weight is 225 g/mol. The summed E-state index contributed by atoms with van der Waals surface area (Å²) in [6.07, 6.45) is 6.20. The van der Waals surface area contributed by atoms with Gasteiger partial charge < -0.3 is 15.0 Å². The van der Waals surface area contributed by atoms with Crippen molar-refractivity contribution in [2.45, 2.75) is 26.2 Å². The van der Waals surface area contributed by atoms with Gasteiger partial charge in [0, 0.05) is 32.0 Å². The lowest BCUT2D eigenvalue weighted by molar-refractivity contribution is -0.125. The molecule has 1 rings (SSSR count). The van der Waals surface area contributed by atoms with Gasteiger partial charge in [0.15, 0.2) is 0 Å². The number of ether oxygens (including phenoxy) is 1. The highest BCUT2D eigenvalue weighted by Crippen LogP contribution is 1.93. The van der Waals surface area contributed by atoms with Crippen molar-refractivity contribution in [3.05, 3.63) is 18.2 Å². The number of rotatable bonds is 8. The van der Waals surface area contributed by atoms with Crippen molar-refractivity contribution < 1.29 is 9.53 Å². The van der Waals surface area contributed by atoms with Gasteiger partial charge in [0.25, 0.3) is 0 Å². The Balaban J connectivity index is 1.96. The lowest BCUT2D eigenvalue weighted by Crippen LogP contribution is -2.28. The smallest absolute Gasteiger partial charge is 0.245 e. The van der Waals surface area contributed by atoms with Gasteiger partial charge in [-0.15, -0.1) is 0 Å². The Hall–Kier alpha value is -1.36. The summed E-state index contributed by atoms with van der Waals surface area (Å²) in [4.78, 5) is 18.3. The van der Waals surface area contributed by atoms with Crippen LogP contribution in [0.15, 0.2) is 12.4 Å². The molecule has 0 atom stereocenters. The van der Waals surface area contributed by atoms with E-state index in [1.165, 1.54) is 0 Å². The van der Waals surface area contributed by atoms with Gasteiger partial charge in [-0.25, -0.2) is 4.98 Å². The number of carbonyl (C=O) groups excluding carboxylic acids is 1. The number of imidazole rings is 1. The summed E-state index contributed by atoms with van der Waals surface area (Å²) in [6.45, 7) is 3.48. The summed E-state index contributed by atoms with van der Waals surface area (Å²) in [5.41, 5.74) is 0. The first kappa shape index (κ1) is 12.7.